The molecule has 5 heteroatoms. The molecule has 0 N–H and O–H groups in total. The predicted octanol–water partition coefficient (Wildman–Crippen LogP) is 1.42. The first-order chi connectivity index (χ1) is 8.13. The van der Waals surface area contributed by atoms with E-state index in [4.69, 9.17) is 15.8 Å². The lowest BCUT2D eigenvalue weighted by atomic mass is 10.1. The van der Waals surface area contributed by atoms with Gasteiger partial charge in [0.15, 0.2) is 0 Å². The van der Waals surface area contributed by atoms with Crippen LogP contribution in [0.1, 0.15) is 16.8 Å². The van der Waals surface area contributed by atoms with E-state index in [1.807, 2.05) is 26.0 Å². The number of nitriles is 3. The molecule has 0 aromatic carbocycles. The topological polar surface area (TPSA) is 87.5 Å². The van der Waals surface area contributed by atoms with Crippen LogP contribution < -0.4 is 4.90 Å². The Kier molecular flexibility index (Phi) is 4.03. The zero-order valence-corrected chi connectivity index (χ0v) is 9.73. The number of pyridine rings is 1. The van der Waals surface area contributed by atoms with E-state index in [0.717, 1.165) is 11.3 Å². The molecule has 1 heterocycles. The van der Waals surface area contributed by atoms with Crippen LogP contribution in [0.15, 0.2) is 6.07 Å². The molecule has 5 nitrogen and oxygen atoms in total. The summed E-state index contributed by atoms with van der Waals surface area (Å²) < 4.78 is 0. The SMILES string of the molecule is Cc1cc(C)c(C#N)c(N(CC#N)CC#N)n1. The third-order valence-corrected chi connectivity index (χ3v) is 2.26. The van der Waals surface area contributed by atoms with Gasteiger partial charge in [0, 0.05) is 5.69 Å². The van der Waals surface area contributed by atoms with E-state index < -0.39 is 0 Å². The minimum absolute atomic E-state index is 0.0398. The first-order valence-electron chi connectivity index (χ1n) is 5.01. The number of anilines is 1. The highest BCUT2D eigenvalue weighted by atomic mass is 15.2. The van der Waals surface area contributed by atoms with E-state index in [0.29, 0.717) is 11.4 Å². The second-order valence-electron chi connectivity index (χ2n) is 3.56. The monoisotopic (exact) mass is 225 g/mol. The second-order valence-corrected chi connectivity index (χ2v) is 3.56. The summed E-state index contributed by atoms with van der Waals surface area (Å²) in [6.45, 7) is 3.71. The molecule has 0 aliphatic heterocycles. The Morgan fingerprint density at radius 2 is 1.76 bits per heavy atom. The molecular formula is C12H11N5. The standard InChI is InChI=1S/C12H11N5/c1-9-7-10(2)16-12(11(9)8-15)17(5-3-13)6-4-14/h7H,5-6H2,1-2H3. The zero-order chi connectivity index (χ0) is 12.8. The predicted molar refractivity (Wildman–Crippen MR) is 61.9 cm³/mol. The third kappa shape index (κ3) is 2.71. The van der Waals surface area contributed by atoms with E-state index in [1.54, 1.807) is 6.07 Å². The summed E-state index contributed by atoms with van der Waals surface area (Å²) in [6, 6.07) is 7.80. The quantitative estimate of drug-likeness (QED) is 0.726. The lowest BCUT2D eigenvalue weighted by Gasteiger charge is -2.19. The molecule has 0 amide bonds. The second kappa shape index (κ2) is 5.49. The number of rotatable bonds is 3. The van der Waals surface area contributed by atoms with Gasteiger partial charge >= 0.3 is 0 Å². The fourth-order valence-electron chi connectivity index (χ4n) is 1.56. The summed E-state index contributed by atoms with van der Waals surface area (Å²) in [5, 5.41) is 26.5. The van der Waals surface area contributed by atoms with Crippen LogP contribution in [0.3, 0.4) is 0 Å². The summed E-state index contributed by atoms with van der Waals surface area (Å²) in [5.41, 5.74) is 1.98. The Hall–Kier alpha value is -2.58. The summed E-state index contributed by atoms with van der Waals surface area (Å²) >= 11 is 0. The number of aryl methyl sites for hydroxylation is 2. The maximum absolute atomic E-state index is 9.09. The van der Waals surface area contributed by atoms with Crippen molar-refractivity contribution in [1.82, 2.24) is 4.98 Å². The van der Waals surface area contributed by atoms with Crippen molar-refractivity contribution in [3.63, 3.8) is 0 Å². The fourth-order valence-corrected chi connectivity index (χ4v) is 1.56. The Morgan fingerprint density at radius 3 is 2.24 bits per heavy atom. The Morgan fingerprint density at radius 1 is 1.18 bits per heavy atom. The van der Waals surface area contributed by atoms with Crippen molar-refractivity contribution in [2.24, 2.45) is 0 Å². The van der Waals surface area contributed by atoms with Gasteiger partial charge in [-0.3, -0.25) is 0 Å². The Labute approximate surface area is 100 Å². The highest BCUT2D eigenvalue weighted by molar-refractivity contribution is 5.59. The van der Waals surface area contributed by atoms with E-state index in [9.17, 15) is 0 Å². The molecular weight excluding hydrogens is 214 g/mol. The lowest BCUT2D eigenvalue weighted by Crippen LogP contribution is -2.26. The third-order valence-electron chi connectivity index (χ3n) is 2.26. The van der Waals surface area contributed by atoms with Crippen LogP contribution >= 0.6 is 0 Å². The van der Waals surface area contributed by atoms with E-state index in [-0.39, 0.29) is 13.1 Å². The van der Waals surface area contributed by atoms with E-state index >= 15 is 0 Å². The van der Waals surface area contributed by atoms with Crippen molar-refractivity contribution in [3.05, 3.63) is 22.9 Å². The fraction of sp³-hybridized carbons (Fsp3) is 0.333. The van der Waals surface area contributed by atoms with Crippen LogP contribution in [-0.4, -0.2) is 18.1 Å². The van der Waals surface area contributed by atoms with Gasteiger partial charge in [-0.2, -0.15) is 15.8 Å². The van der Waals surface area contributed by atoms with Gasteiger partial charge in [0.05, 0.1) is 17.7 Å². The van der Waals surface area contributed by atoms with Crippen LogP contribution in [0.25, 0.3) is 0 Å². The van der Waals surface area contributed by atoms with Crippen molar-refractivity contribution in [3.8, 4) is 18.2 Å². The molecule has 1 aromatic heterocycles. The van der Waals surface area contributed by atoms with Gasteiger partial charge in [-0.15, -0.1) is 0 Å². The summed E-state index contributed by atoms with van der Waals surface area (Å²) in [6.07, 6.45) is 0. The minimum atomic E-state index is 0.0398. The van der Waals surface area contributed by atoms with Gasteiger partial charge in [0.25, 0.3) is 0 Å². The zero-order valence-electron chi connectivity index (χ0n) is 9.73. The largest absolute Gasteiger partial charge is 0.329 e. The summed E-state index contributed by atoms with van der Waals surface area (Å²) in [4.78, 5) is 5.74. The molecule has 0 aliphatic rings. The maximum Gasteiger partial charge on any atom is 0.148 e. The molecule has 0 fully saturated rings. The van der Waals surface area contributed by atoms with Gasteiger partial charge in [-0.1, -0.05) is 0 Å². The van der Waals surface area contributed by atoms with Crippen molar-refractivity contribution in [1.29, 1.82) is 15.8 Å². The van der Waals surface area contributed by atoms with Gasteiger partial charge in [0.1, 0.15) is 25.0 Å². The first kappa shape index (κ1) is 12.5. The smallest absolute Gasteiger partial charge is 0.148 e. The van der Waals surface area contributed by atoms with Crippen molar-refractivity contribution < 1.29 is 0 Å². The normalized spacial score (nSPS) is 8.88. The van der Waals surface area contributed by atoms with Crippen LogP contribution in [0.4, 0.5) is 5.82 Å². The van der Waals surface area contributed by atoms with Crippen molar-refractivity contribution in [2.75, 3.05) is 18.0 Å². The Bertz CT molecular complexity index is 526. The average Bonchev–Trinajstić information content (AvgIpc) is 2.28. The van der Waals surface area contributed by atoms with Crippen LogP contribution in [0.2, 0.25) is 0 Å². The number of hydrogen-bond donors (Lipinski definition) is 0. The van der Waals surface area contributed by atoms with Gasteiger partial charge in [-0.25, -0.2) is 4.98 Å². The number of hydrogen-bond acceptors (Lipinski definition) is 5. The molecule has 0 spiro atoms. The van der Waals surface area contributed by atoms with E-state index in [1.165, 1.54) is 4.90 Å². The molecule has 0 saturated carbocycles. The molecule has 0 bridgehead atoms. The van der Waals surface area contributed by atoms with Gasteiger partial charge in [-0.05, 0) is 25.5 Å². The molecule has 0 atom stereocenters. The van der Waals surface area contributed by atoms with Crippen LogP contribution in [-0.2, 0) is 0 Å². The molecule has 1 aromatic rings. The van der Waals surface area contributed by atoms with E-state index in [2.05, 4.69) is 11.1 Å². The molecule has 1 rings (SSSR count). The van der Waals surface area contributed by atoms with Gasteiger partial charge in [0.2, 0.25) is 0 Å². The molecule has 84 valence electrons. The van der Waals surface area contributed by atoms with Gasteiger partial charge < -0.3 is 4.90 Å². The molecule has 0 aliphatic carbocycles. The Balaban J connectivity index is 3.33. The summed E-state index contributed by atoms with van der Waals surface area (Å²) in [7, 11) is 0. The molecule has 17 heavy (non-hydrogen) atoms. The molecule has 0 unspecified atom stereocenters. The maximum atomic E-state index is 9.09. The van der Waals surface area contributed by atoms with Crippen molar-refractivity contribution in [2.45, 2.75) is 13.8 Å². The first-order valence-corrected chi connectivity index (χ1v) is 5.01. The number of nitrogens with zero attached hydrogens (tertiary/aromatic N) is 5. The molecule has 0 radical (unpaired) electrons. The highest BCUT2D eigenvalue weighted by Gasteiger charge is 2.15. The lowest BCUT2D eigenvalue weighted by molar-refractivity contribution is 0.920. The minimum Gasteiger partial charge on any atom is -0.329 e. The van der Waals surface area contributed by atoms with Crippen LogP contribution in [0, 0.1) is 47.8 Å². The average molecular weight is 225 g/mol. The van der Waals surface area contributed by atoms with Crippen LogP contribution in [0.5, 0.6) is 0 Å². The molecule has 0 saturated heterocycles. The van der Waals surface area contributed by atoms with Crippen molar-refractivity contribution >= 4 is 5.82 Å². The summed E-state index contributed by atoms with van der Waals surface area (Å²) in [5.74, 6) is 0.410. The highest BCUT2D eigenvalue weighted by Crippen LogP contribution is 2.21. The number of aromatic nitrogens is 1.